The van der Waals surface area contributed by atoms with Gasteiger partial charge in [0.05, 0.1) is 23.1 Å². The zero-order chi connectivity index (χ0) is 28.2. The molecule has 0 bridgehead atoms. The van der Waals surface area contributed by atoms with Crippen LogP contribution in [-0.2, 0) is 12.6 Å². The number of amides is 2. The Hall–Kier alpha value is -3.75. The summed E-state index contributed by atoms with van der Waals surface area (Å²) in [6.07, 6.45) is 0.0592. The molecule has 0 spiro atoms. The molecule has 1 aliphatic heterocycles. The molecule has 2 amide bonds. The van der Waals surface area contributed by atoms with Gasteiger partial charge in [-0.25, -0.2) is 9.78 Å². The van der Waals surface area contributed by atoms with Crippen molar-refractivity contribution in [1.29, 1.82) is 0 Å². The number of pyridine rings is 1. The lowest BCUT2D eigenvalue weighted by atomic mass is 10.00. The summed E-state index contributed by atoms with van der Waals surface area (Å²) in [5.74, 6) is 5.69. The largest absolute Gasteiger partial charge is 0.416 e. The molecule has 7 nitrogen and oxygen atoms in total. The number of urea groups is 1. The van der Waals surface area contributed by atoms with E-state index < -0.39 is 11.7 Å². The number of thiazole rings is 1. The lowest BCUT2D eigenvalue weighted by Crippen LogP contribution is -2.41. The van der Waals surface area contributed by atoms with Gasteiger partial charge in [-0.05, 0) is 63.0 Å². The average molecular weight is 556 g/mol. The first kappa shape index (κ1) is 28.3. The predicted molar refractivity (Wildman–Crippen MR) is 144 cm³/mol. The van der Waals surface area contributed by atoms with E-state index >= 15 is 0 Å². The Labute approximate surface area is 229 Å². The Morgan fingerprint density at radius 3 is 2.72 bits per heavy atom. The Morgan fingerprint density at radius 1 is 1.21 bits per heavy atom. The van der Waals surface area contributed by atoms with E-state index in [1.165, 1.54) is 11.3 Å². The second-order valence-corrected chi connectivity index (χ2v) is 10.6. The van der Waals surface area contributed by atoms with E-state index in [1.54, 1.807) is 36.3 Å². The minimum Gasteiger partial charge on any atom is -0.326 e. The van der Waals surface area contributed by atoms with Gasteiger partial charge in [0.1, 0.15) is 0 Å². The Bertz CT molecular complexity index is 1430. The van der Waals surface area contributed by atoms with Gasteiger partial charge in [0, 0.05) is 42.7 Å². The molecule has 1 unspecified atom stereocenters. The third-order valence-electron chi connectivity index (χ3n) is 6.59. The Morgan fingerprint density at radius 2 is 2.00 bits per heavy atom. The molecule has 39 heavy (non-hydrogen) atoms. The maximum Gasteiger partial charge on any atom is 0.416 e. The van der Waals surface area contributed by atoms with Crippen molar-refractivity contribution < 1.29 is 22.8 Å². The number of hydrogen-bond donors (Lipinski definition) is 1. The molecular weight excluding hydrogens is 527 g/mol. The Kier molecular flexibility index (Phi) is 8.67. The summed E-state index contributed by atoms with van der Waals surface area (Å²) in [6, 6.07) is 6.86. The number of aryl methyl sites for hydroxylation is 1. The molecule has 204 valence electrons. The van der Waals surface area contributed by atoms with Gasteiger partial charge in [-0.1, -0.05) is 29.4 Å². The summed E-state index contributed by atoms with van der Waals surface area (Å²) < 4.78 is 38.9. The van der Waals surface area contributed by atoms with Gasteiger partial charge >= 0.3 is 12.2 Å². The fourth-order valence-corrected chi connectivity index (χ4v) is 4.92. The third kappa shape index (κ3) is 7.43. The van der Waals surface area contributed by atoms with Crippen LogP contribution in [0.5, 0.6) is 0 Å². The van der Waals surface area contributed by atoms with Crippen LogP contribution in [0.4, 0.5) is 23.1 Å². The minimum atomic E-state index is -4.50. The van der Waals surface area contributed by atoms with Gasteiger partial charge in [0.15, 0.2) is 10.9 Å². The normalized spacial score (nSPS) is 15.5. The highest BCUT2D eigenvalue weighted by Crippen LogP contribution is 2.29. The smallest absolute Gasteiger partial charge is 0.326 e. The Balaban J connectivity index is 1.40. The van der Waals surface area contributed by atoms with E-state index in [0.29, 0.717) is 33.7 Å². The number of aromatic nitrogens is 2. The number of ketones is 1. The molecule has 1 aromatic carbocycles. The number of likely N-dealkylation sites (N-methyl/N-ethyl adjacent to an activating group) is 2. The van der Waals surface area contributed by atoms with Crippen LogP contribution in [0.15, 0.2) is 42.7 Å². The van der Waals surface area contributed by atoms with Crippen molar-refractivity contribution in [3.05, 3.63) is 75.6 Å². The van der Waals surface area contributed by atoms with Gasteiger partial charge in [-0.15, -0.1) is 0 Å². The average Bonchev–Trinajstić information content (AvgIpc) is 3.51. The standard InChI is InChI=1S/C28H28F3N5O2S/c1-18-6-7-20(25(37)15-22-14-21(10-11-32-22)28(29,30)31)13-19(18)8-9-24-16-33-26(39-24)34-27(38)36(3)17-23-5-4-12-35(23)2/h6-7,10-11,13-14,16,23H,4-5,12,15,17H2,1-3H3,(H,33,34,38). The van der Waals surface area contributed by atoms with Gasteiger partial charge in [0.2, 0.25) is 0 Å². The van der Waals surface area contributed by atoms with E-state index in [1.807, 2.05) is 6.92 Å². The summed E-state index contributed by atoms with van der Waals surface area (Å²) in [5.41, 5.74) is 0.981. The summed E-state index contributed by atoms with van der Waals surface area (Å²) in [6.45, 7) is 3.53. The van der Waals surface area contributed by atoms with Crippen LogP contribution in [0.25, 0.3) is 0 Å². The van der Waals surface area contributed by atoms with Crippen molar-refractivity contribution in [2.24, 2.45) is 0 Å². The highest BCUT2D eigenvalue weighted by Gasteiger charge is 2.31. The minimum absolute atomic E-state index is 0.0446. The number of alkyl halides is 3. The maximum atomic E-state index is 13.0. The van der Waals surface area contributed by atoms with Crippen LogP contribution in [0.3, 0.4) is 0 Å². The topological polar surface area (TPSA) is 78.4 Å². The molecule has 1 N–H and O–H groups in total. The van der Waals surface area contributed by atoms with Crippen LogP contribution in [0, 0.1) is 18.8 Å². The molecule has 1 fully saturated rings. The van der Waals surface area contributed by atoms with Crippen molar-refractivity contribution in [2.75, 3.05) is 32.5 Å². The van der Waals surface area contributed by atoms with E-state index in [2.05, 4.69) is 39.1 Å². The fourth-order valence-electron chi connectivity index (χ4n) is 4.26. The van der Waals surface area contributed by atoms with E-state index in [-0.39, 0.29) is 23.9 Å². The van der Waals surface area contributed by atoms with Crippen molar-refractivity contribution in [3.8, 4) is 11.8 Å². The van der Waals surface area contributed by atoms with Crippen molar-refractivity contribution >= 4 is 28.3 Å². The number of carbonyl (C=O) groups is 2. The van der Waals surface area contributed by atoms with Gasteiger partial charge in [0.25, 0.3) is 0 Å². The SMILES string of the molecule is Cc1ccc(C(=O)Cc2cc(C(F)(F)F)ccn2)cc1C#Cc1cnc(NC(=O)N(C)CC2CCCN2C)s1. The van der Waals surface area contributed by atoms with Gasteiger partial charge in [-0.3, -0.25) is 15.1 Å². The number of hydrogen-bond acceptors (Lipinski definition) is 6. The molecule has 4 rings (SSSR count). The molecule has 1 atom stereocenters. The first-order valence-corrected chi connectivity index (χ1v) is 13.2. The summed E-state index contributed by atoms with van der Waals surface area (Å²) in [4.78, 5) is 38.0. The highest BCUT2D eigenvalue weighted by atomic mass is 32.1. The van der Waals surface area contributed by atoms with Crippen molar-refractivity contribution in [2.45, 2.75) is 38.4 Å². The number of anilines is 1. The number of carbonyl (C=O) groups excluding carboxylic acids is 2. The molecule has 3 aromatic rings. The number of nitrogens with zero attached hydrogens (tertiary/aromatic N) is 4. The second kappa shape index (κ2) is 12.0. The van der Waals surface area contributed by atoms with Crippen LogP contribution >= 0.6 is 11.3 Å². The van der Waals surface area contributed by atoms with Crippen molar-refractivity contribution in [3.63, 3.8) is 0 Å². The van der Waals surface area contributed by atoms with Crippen LogP contribution in [0.1, 0.15) is 50.5 Å². The number of halogens is 3. The number of likely N-dealkylation sites (tertiary alicyclic amines) is 1. The van der Waals surface area contributed by atoms with Crippen LogP contribution < -0.4 is 5.32 Å². The lowest BCUT2D eigenvalue weighted by molar-refractivity contribution is -0.137. The van der Waals surface area contributed by atoms with E-state index in [4.69, 9.17) is 0 Å². The maximum absolute atomic E-state index is 13.0. The molecule has 3 heterocycles. The first-order chi connectivity index (χ1) is 18.5. The molecule has 2 aromatic heterocycles. The third-order valence-corrected chi connectivity index (χ3v) is 7.42. The number of nitrogens with one attached hydrogen (secondary N) is 1. The summed E-state index contributed by atoms with van der Waals surface area (Å²) in [7, 11) is 3.83. The van der Waals surface area contributed by atoms with E-state index in [9.17, 15) is 22.8 Å². The molecule has 1 aliphatic rings. The number of benzene rings is 1. The molecular formula is C28H28F3N5O2S. The predicted octanol–water partition coefficient (Wildman–Crippen LogP) is 5.25. The molecule has 0 saturated carbocycles. The zero-order valence-electron chi connectivity index (χ0n) is 21.8. The number of Topliss-reactive ketones (excluding diaryl/α,β-unsaturated/α-hetero) is 1. The molecule has 0 aliphatic carbocycles. The van der Waals surface area contributed by atoms with Gasteiger partial charge < -0.3 is 9.80 Å². The lowest BCUT2D eigenvalue weighted by Gasteiger charge is -2.25. The zero-order valence-corrected chi connectivity index (χ0v) is 22.6. The molecule has 1 saturated heterocycles. The highest BCUT2D eigenvalue weighted by molar-refractivity contribution is 7.16. The van der Waals surface area contributed by atoms with Gasteiger partial charge in [-0.2, -0.15) is 13.2 Å². The second-order valence-electron chi connectivity index (χ2n) is 9.53. The monoisotopic (exact) mass is 555 g/mol. The molecule has 11 heteroatoms. The van der Waals surface area contributed by atoms with E-state index in [0.717, 1.165) is 43.3 Å². The fraction of sp³-hybridized carbons (Fsp3) is 0.357. The summed E-state index contributed by atoms with van der Waals surface area (Å²) in [5, 5.41) is 3.24. The number of rotatable bonds is 6. The van der Waals surface area contributed by atoms with Crippen LogP contribution in [0.2, 0.25) is 0 Å². The quantitative estimate of drug-likeness (QED) is 0.332. The van der Waals surface area contributed by atoms with Crippen molar-refractivity contribution in [1.82, 2.24) is 19.8 Å². The first-order valence-electron chi connectivity index (χ1n) is 12.4. The summed E-state index contributed by atoms with van der Waals surface area (Å²) >= 11 is 1.24. The van der Waals surface area contributed by atoms with Crippen LogP contribution in [-0.4, -0.2) is 64.8 Å². The molecule has 0 radical (unpaired) electrons.